The van der Waals surface area contributed by atoms with Crippen LogP contribution < -0.4 is 0 Å². The Morgan fingerprint density at radius 3 is 1.33 bits per heavy atom. The van der Waals surface area contributed by atoms with Gasteiger partial charge in [0, 0.05) is 13.2 Å². The van der Waals surface area contributed by atoms with Gasteiger partial charge in [-0.1, -0.05) is 19.3 Å². The molecule has 2 heteroatoms. The summed E-state index contributed by atoms with van der Waals surface area (Å²) in [5.74, 6) is 1.66. The molecule has 21 heavy (non-hydrogen) atoms. The normalized spacial score (nSPS) is 40.0. The Hall–Kier alpha value is -0.0800. The van der Waals surface area contributed by atoms with Gasteiger partial charge >= 0.3 is 0 Å². The van der Waals surface area contributed by atoms with E-state index in [4.69, 9.17) is 9.47 Å². The summed E-state index contributed by atoms with van der Waals surface area (Å²) in [5.41, 5.74) is 0. The van der Waals surface area contributed by atoms with Gasteiger partial charge in [-0.3, -0.25) is 0 Å². The van der Waals surface area contributed by atoms with Crippen LogP contribution in [0.2, 0.25) is 0 Å². The van der Waals surface area contributed by atoms with E-state index >= 15 is 0 Å². The largest absolute Gasteiger partial charge is 0.378 e. The highest BCUT2D eigenvalue weighted by molar-refractivity contribution is 4.80. The molecule has 2 heterocycles. The lowest BCUT2D eigenvalue weighted by Gasteiger charge is -2.33. The van der Waals surface area contributed by atoms with Crippen molar-refractivity contribution in [3.63, 3.8) is 0 Å². The number of rotatable bonds is 2. The zero-order valence-electron chi connectivity index (χ0n) is 13.7. The predicted molar refractivity (Wildman–Crippen MR) is 86.5 cm³/mol. The van der Waals surface area contributed by atoms with Gasteiger partial charge in [0.25, 0.3) is 0 Å². The van der Waals surface area contributed by atoms with Crippen molar-refractivity contribution in [3.05, 3.63) is 0 Å². The minimum absolute atomic E-state index is 0.574. The van der Waals surface area contributed by atoms with Gasteiger partial charge in [-0.25, -0.2) is 0 Å². The molecule has 0 bridgehead atoms. The molecule has 1 saturated carbocycles. The minimum atomic E-state index is 0.574. The molecule has 0 aromatic carbocycles. The van der Waals surface area contributed by atoms with Crippen molar-refractivity contribution in [1.82, 2.24) is 0 Å². The Balaban J connectivity index is 1.55. The molecule has 4 unspecified atom stereocenters. The summed E-state index contributed by atoms with van der Waals surface area (Å²) in [6.07, 6.45) is 18.9. The highest BCUT2D eigenvalue weighted by atomic mass is 16.5. The fourth-order valence-corrected chi connectivity index (χ4v) is 4.73. The summed E-state index contributed by atoms with van der Waals surface area (Å²) in [5, 5.41) is 0. The van der Waals surface area contributed by atoms with Crippen LogP contribution in [-0.2, 0) is 9.47 Å². The monoisotopic (exact) mass is 294 g/mol. The first-order valence-corrected chi connectivity index (χ1v) is 9.66. The van der Waals surface area contributed by atoms with Crippen LogP contribution in [-0.4, -0.2) is 25.4 Å². The van der Waals surface area contributed by atoms with E-state index in [0.29, 0.717) is 12.2 Å². The van der Waals surface area contributed by atoms with Crippen molar-refractivity contribution >= 4 is 0 Å². The summed E-state index contributed by atoms with van der Waals surface area (Å²) in [6, 6.07) is 0. The molecule has 2 aliphatic heterocycles. The average Bonchev–Trinajstić information content (AvgIpc) is 2.68. The van der Waals surface area contributed by atoms with Crippen LogP contribution in [0.3, 0.4) is 0 Å². The molecule has 0 spiro atoms. The Morgan fingerprint density at radius 1 is 0.429 bits per heavy atom. The summed E-state index contributed by atoms with van der Waals surface area (Å²) in [4.78, 5) is 0. The van der Waals surface area contributed by atoms with Crippen LogP contribution >= 0.6 is 0 Å². The molecule has 2 saturated heterocycles. The minimum Gasteiger partial charge on any atom is -0.378 e. The number of ether oxygens (including phenoxy) is 2. The van der Waals surface area contributed by atoms with Gasteiger partial charge < -0.3 is 9.47 Å². The predicted octanol–water partition coefficient (Wildman–Crippen LogP) is 5.10. The lowest BCUT2D eigenvalue weighted by molar-refractivity contribution is -0.0400. The van der Waals surface area contributed by atoms with E-state index in [1.807, 2.05) is 0 Å². The van der Waals surface area contributed by atoms with Crippen LogP contribution in [0, 0.1) is 11.8 Å². The summed E-state index contributed by atoms with van der Waals surface area (Å²) >= 11 is 0. The van der Waals surface area contributed by atoms with Crippen molar-refractivity contribution in [1.29, 1.82) is 0 Å². The van der Waals surface area contributed by atoms with Crippen LogP contribution in [0.1, 0.15) is 83.5 Å². The van der Waals surface area contributed by atoms with Crippen molar-refractivity contribution in [2.75, 3.05) is 13.2 Å². The molecule has 0 radical (unpaired) electrons. The van der Waals surface area contributed by atoms with Crippen molar-refractivity contribution in [3.8, 4) is 0 Å². The quantitative estimate of drug-likeness (QED) is 0.705. The molecule has 3 fully saturated rings. The fraction of sp³-hybridized carbons (Fsp3) is 1.00. The summed E-state index contributed by atoms with van der Waals surface area (Å²) in [7, 11) is 0. The van der Waals surface area contributed by atoms with Gasteiger partial charge in [0.2, 0.25) is 0 Å². The van der Waals surface area contributed by atoms with E-state index in [1.54, 1.807) is 0 Å². The van der Waals surface area contributed by atoms with E-state index in [9.17, 15) is 0 Å². The van der Waals surface area contributed by atoms with Crippen LogP contribution in [0.5, 0.6) is 0 Å². The smallest absolute Gasteiger partial charge is 0.0603 e. The van der Waals surface area contributed by atoms with Gasteiger partial charge in [-0.15, -0.1) is 0 Å². The molecular formula is C19H34O2. The maximum Gasteiger partial charge on any atom is 0.0603 e. The second kappa shape index (κ2) is 8.53. The van der Waals surface area contributed by atoms with E-state index in [2.05, 4.69) is 0 Å². The summed E-state index contributed by atoms with van der Waals surface area (Å²) in [6.45, 7) is 2.02. The third-order valence-electron chi connectivity index (χ3n) is 6.04. The van der Waals surface area contributed by atoms with E-state index in [-0.39, 0.29) is 0 Å². The van der Waals surface area contributed by atoms with E-state index in [1.165, 1.54) is 83.5 Å². The van der Waals surface area contributed by atoms with E-state index in [0.717, 1.165) is 25.0 Å². The van der Waals surface area contributed by atoms with Gasteiger partial charge in [0.05, 0.1) is 12.2 Å². The maximum absolute atomic E-state index is 6.10. The van der Waals surface area contributed by atoms with Crippen molar-refractivity contribution in [2.45, 2.75) is 95.7 Å². The molecule has 1 aliphatic carbocycles. The Bertz CT molecular complexity index is 251. The molecule has 3 aliphatic rings. The molecule has 0 aromatic rings. The van der Waals surface area contributed by atoms with Gasteiger partial charge in [0.15, 0.2) is 0 Å². The highest BCUT2D eigenvalue weighted by Crippen LogP contribution is 2.35. The first-order chi connectivity index (χ1) is 10.4. The lowest BCUT2D eigenvalue weighted by Crippen LogP contribution is -2.31. The van der Waals surface area contributed by atoms with Crippen LogP contribution in [0.25, 0.3) is 0 Å². The first-order valence-electron chi connectivity index (χ1n) is 9.66. The SMILES string of the molecule is C1CCC(C2CCCCO2)CCC(C2CCCCO2)CC1. The highest BCUT2D eigenvalue weighted by Gasteiger charge is 2.29. The zero-order chi connectivity index (χ0) is 14.3. The number of hydrogen-bond donors (Lipinski definition) is 0. The molecule has 4 atom stereocenters. The van der Waals surface area contributed by atoms with Crippen molar-refractivity contribution < 1.29 is 9.47 Å². The second-order valence-corrected chi connectivity index (χ2v) is 7.55. The van der Waals surface area contributed by atoms with Crippen LogP contribution in [0.15, 0.2) is 0 Å². The molecule has 0 amide bonds. The third kappa shape index (κ3) is 4.69. The lowest BCUT2D eigenvalue weighted by atomic mass is 9.83. The molecule has 0 aromatic heterocycles. The Morgan fingerprint density at radius 2 is 0.905 bits per heavy atom. The topological polar surface area (TPSA) is 18.5 Å². The molecule has 122 valence electrons. The summed E-state index contributed by atoms with van der Waals surface area (Å²) < 4.78 is 12.2. The molecule has 2 nitrogen and oxygen atoms in total. The van der Waals surface area contributed by atoms with Gasteiger partial charge in [-0.05, 0) is 76.0 Å². The Labute approximate surface area is 131 Å². The molecule has 3 rings (SSSR count). The van der Waals surface area contributed by atoms with Gasteiger partial charge in [-0.2, -0.15) is 0 Å². The van der Waals surface area contributed by atoms with Gasteiger partial charge in [0.1, 0.15) is 0 Å². The third-order valence-corrected chi connectivity index (χ3v) is 6.04. The van der Waals surface area contributed by atoms with Crippen molar-refractivity contribution in [2.24, 2.45) is 11.8 Å². The maximum atomic E-state index is 6.10. The molecule has 0 N–H and O–H groups in total. The van der Waals surface area contributed by atoms with E-state index < -0.39 is 0 Å². The average molecular weight is 294 g/mol. The second-order valence-electron chi connectivity index (χ2n) is 7.55. The Kier molecular flexibility index (Phi) is 6.42. The zero-order valence-corrected chi connectivity index (χ0v) is 13.7. The number of hydrogen-bond acceptors (Lipinski definition) is 2. The molecular weight excluding hydrogens is 260 g/mol. The fourth-order valence-electron chi connectivity index (χ4n) is 4.73. The standard InChI is InChI=1S/C19H34O2/c1-2-8-16(18-10-4-6-14-20-18)12-13-17(9-3-1)19-11-5-7-15-21-19/h16-19H,1-15H2. The van der Waals surface area contributed by atoms with Crippen LogP contribution in [0.4, 0.5) is 0 Å². The first kappa shape index (κ1) is 15.8.